The number of hydrogen-bond acceptors (Lipinski definition) is 8. The first kappa shape index (κ1) is 23.1. The highest BCUT2D eigenvalue weighted by molar-refractivity contribution is 6.77. The number of aromatic nitrogens is 4. The van der Waals surface area contributed by atoms with Gasteiger partial charge in [-0.25, -0.2) is 15.0 Å². The summed E-state index contributed by atoms with van der Waals surface area (Å²) in [4.78, 5) is 35.5. The van der Waals surface area contributed by atoms with Gasteiger partial charge in [0.25, 0.3) is 0 Å². The summed E-state index contributed by atoms with van der Waals surface area (Å²) >= 11 is 0. The Labute approximate surface area is 172 Å². The molecule has 0 spiro atoms. The summed E-state index contributed by atoms with van der Waals surface area (Å²) in [5.74, 6) is 0.204. The Morgan fingerprint density at radius 1 is 1.03 bits per heavy atom. The van der Waals surface area contributed by atoms with E-state index in [1.54, 1.807) is 0 Å². The van der Waals surface area contributed by atoms with Crippen molar-refractivity contribution in [2.75, 3.05) is 12.3 Å². The third-order valence-corrected chi connectivity index (χ3v) is 11.5. The van der Waals surface area contributed by atoms with E-state index < -0.39 is 20.6 Å². The molecule has 0 radical (unpaired) electrons. The summed E-state index contributed by atoms with van der Waals surface area (Å²) in [6.45, 7) is 13.1. The van der Waals surface area contributed by atoms with E-state index in [1.807, 2.05) is 0 Å². The second-order valence-corrected chi connectivity index (χ2v) is 13.5. The number of anilines is 1. The van der Waals surface area contributed by atoms with Gasteiger partial charge < -0.3 is 19.7 Å². The summed E-state index contributed by atoms with van der Waals surface area (Å²) in [6.07, 6.45) is 1.96. The van der Waals surface area contributed by atoms with Gasteiger partial charge in [0.1, 0.15) is 17.9 Å². The molecule has 0 aromatic carbocycles. The molecule has 2 aromatic rings. The normalized spacial score (nSPS) is 14.7. The molecular formula is C19H31N5O4Si. The van der Waals surface area contributed by atoms with Crippen LogP contribution in [0.4, 0.5) is 5.82 Å². The minimum atomic E-state index is -2.17. The van der Waals surface area contributed by atoms with Gasteiger partial charge in [0, 0.05) is 0 Å². The van der Waals surface area contributed by atoms with Crippen LogP contribution in [0.2, 0.25) is 16.6 Å². The maximum absolute atomic E-state index is 11.7. The largest absolute Gasteiger partial charge is 0.413 e. The number of hydrogen-bond donors (Lipinski definition) is 1. The van der Waals surface area contributed by atoms with Crippen LogP contribution in [0.1, 0.15) is 47.8 Å². The molecule has 2 N–H and O–H groups in total. The van der Waals surface area contributed by atoms with Crippen LogP contribution in [0.5, 0.6) is 0 Å². The van der Waals surface area contributed by atoms with Crippen molar-refractivity contribution in [2.24, 2.45) is 0 Å². The molecule has 2 rings (SSSR count). The number of carbonyl (C=O) groups excluding carboxylic acids is 2. The third kappa shape index (κ3) is 4.54. The molecule has 29 heavy (non-hydrogen) atoms. The second-order valence-electron chi connectivity index (χ2n) is 8.05. The zero-order valence-electron chi connectivity index (χ0n) is 17.9. The van der Waals surface area contributed by atoms with Gasteiger partial charge in [0.15, 0.2) is 38.6 Å². The minimum Gasteiger partial charge on any atom is -0.413 e. The smallest absolute Gasteiger partial charge is 0.200 e. The first-order valence-electron chi connectivity index (χ1n) is 9.81. The van der Waals surface area contributed by atoms with Gasteiger partial charge in [-0.3, -0.25) is 9.36 Å². The predicted molar refractivity (Wildman–Crippen MR) is 113 cm³/mol. The lowest BCUT2D eigenvalue weighted by Gasteiger charge is -2.42. The maximum Gasteiger partial charge on any atom is 0.200 e. The fourth-order valence-electron chi connectivity index (χ4n) is 4.24. The van der Waals surface area contributed by atoms with E-state index in [2.05, 4.69) is 56.5 Å². The lowest BCUT2D eigenvalue weighted by Crippen LogP contribution is -2.49. The van der Waals surface area contributed by atoms with Crippen molar-refractivity contribution in [1.82, 2.24) is 19.5 Å². The van der Waals surface area contributed by atoms with E-state index in [9.17, 15) is 9.59 Å². The van der Waals surface area contributed by atoms with Gasteiger partial charge in [0.05, 0.1) is 12.9 Å². The summed E-state index contributed by atoms with van der Waals surface area (Å²) in [7, 11) is -2.17. The van der Waals surface area contributed by atoms with Crippen molar-refractivity contribution in [3.8, 4) is 0 Å². The van der Waals surface area contributed by atoms with Crippen LogP contribution in [0.3, 0.4) is 0 Å². The van der Waals surface area contributed by atoms with Crippen molar-refractivity contribution in [2.45, 2.75) is 70.5 Å². The molecular weight excluding hydrogens is 390 g/mol. The topological polar surface area (TPSA) is 122 Å². The second kappa shape index (κ2) is 9.55. The van der Waals surface area contributed by atoms with Crippen LogP contribution >= 0.6 is 0 Å². The number of nitrogen functional groups attached to an aromatic ring is 1. The molecule has 0 aliphatic carbocycles. The highest BCUT2D eigenvalue weighted by atomic mass is 28.4. The molecule has 0 aliphatic heterocycles. The highest BCUT2D eigenvalue weighted by Crippen LogP contribution is 2.42. The monoisotopic (exact) mass is 421 g/mol. The molecule has 160 valence electrons. The number of carbonyl (C=O) groups is 2. The SMILES string of the molecule is CC(C)[Si](OCC(C=O)OC(C=O)n1cnc2c(N)ncnc21)(C(C)C)C(C)C. The molecule has 0 fully saturated rings. The van der Waals surface area contributed by atoms with Crippen molar-refractivity contribution in [3.05, 3.63) is 12.7 Å². The number of nitrogens with zero attached hydrogens (tertiary/aromatic N) is 4. The molecule has 0 saturated carbocycles. The number of rotatable bonds is 11. The van der Waals surface area contributed by atoms with Gasteiger partial charge >= 0.3 is 0 Å². The van der Waals surface area contributed by atoms with Gasteiger partial charge in [-0.05, 0) is 16.6 Å². The molecule has 2 heterocycles. The Kier molecular flexibility index (Phi) is 7.61. The van der Waals surface area contributed by atoms with Crippen LogP contribution in [0, 0.1) is 0 Å². The standard InChI is InChI=1S/C19H31N5O4Si/c1-12(2)29(13(3)4,14(5)6)27-9-15(7-25)28-16(8-26)24-11-23-17-18(20)21-10-22-19(17)24/h7-8,10-16H,9H2,1-6H3,(H2,20,21,22). The van der Waals surface area contributed by atoms with Crippen molar-refractivity contribution in [3.63, 3.8) is 0 Å². The molecule has 2 aromatic heterocycles. The summed E-state index contributed by atoms with van der Waals surface area (Å²) in [6, 6.07) is 0. The van der Waals surface area contributed by atoms with E-state index in [4.69, 9.17) is 14.9 Å². The highest BCUT2D eigenvalue weighted by Gasteiger charge is 2.45. The van der Waals surface area contributed by atoms with Gasteiger partial charge in [-0.2, -0.15) is 0 Å². The first-order valence-corrected chi connectivity index (χ1v) is 12.0. The minimum absolute atomic E-state index is 0.0956. The zero-order valence-corrected chi connectivity index (χ0v) is 18.9. The van der Waals surface area contributed by atoms with Gasteiger partial charge in [-0.1, -0.05) is 41.5 Å². The van der Waals surface area contributed by atoms with E-state index in [0.717, 1.165) is 0 Å². The molecule has 0 bridgehead atoms. The number of aldehydes is 2. The fourth-order valence-corrected chi connectivity index (χ4v) is 9.69. The Balaban J connectivity index is 2.22. The molecule has 9 nitrogen and oxygen atoms in total. The molecule has 0 saturated heterocycles. The van der Waals surface area contributed by atoms with E-state index in [1.165, 1.54) is 17.2 Å². The average Bonchev–Trinajstić information content (AvgIpc) is 3.09. The fraction of sp³-hybridized carbons (Fsp3) is 0.632. The maximum atomic E-state index is 11.7. The Hall–Kier alpha value is -2.17. The van der Waals surface area contributed by atoms with Gasteiger partial charge in [0.2, 0.25) is 0 Å². The van der Waals surface area contributed by atoms with E-state index in [-0.39, 0.29) is 12.4 Å². The molecule has 0 amide bonds. The Morgan fingerprint density at radius 2 is 1.66 bits per heavy atom. The number of imidazole rings is 1. The van der Waals surface area contributed by atoms with E-state index >= 15 is 0 Å². The van der Waals surface area contributed by atoms with Crippen LogP contribution in [0.25, 0.3) is 11.2 Å². The average molecular weight is 422 g/mol. The Morgan fingerprint density at radius 3 is 2.17 bits per heavy atom. The van der Waals surface area contributed by atoms with Crippen molar-refractivity contribution in [1.29, 1.82) is 0 Å². The summed E-state index contributed by atoms with van der Waals surface area (Å²) in [5.41, 5.74) is 7.62. The third-order valence-electron chi connectivity index (χ3n) is 5.45. The zero-order chi connectivity index (χ0) is 21.8. The summed E-state index contributed by atoms with van der Waals surface area (Å²) < 4.78 is 13.6. The summed E-state index contributed by atoms with van der Waals surface area (Å²) in [5, 5.41) is 0. The van der Waals surface area contributed by atoms with Crippen LogP contribution in [-0.2, 0) is 18.8 Å². The van der Waals surface area contributed by atoms with Crippen LogP contribution in [-0.4, -0.2) is 53.1 Å². The number of ether oxygens (including phenoxy) is 1. The first-order chi connectivity index (χ1) is 13.7. The number of fused-ring (bicyclic) bond motifs is 1. The molecule has 0 aliphatic rings. The molecule has 10 heteroatoms. The quantitative estimate of drug-likeness (QED) is 0.434. The lowest BCUT2D eigenvalue weighted by atomic mass is 10.4. The lowest BCUT2D eigenvalue weighted by molar-refractivity contribution is -0.139. The molecule has 2 atom stereocenters. The predicted octanol–water partition coefficient (Wildman–Crippen LogP) is 2.88. The van der Waals surface area contributed by atoms with Crippen molar-refractivity contribution >= 4 is 37.9 Å². The van der Waals surface area contributed by atoms with Crippen LogP contribution in [0.15, 0.2) is 12.7 Å². The van der Waals surface area contributed by atoms with Crippen molar-refractivity contribution < 1.29 is 18.8 Å². The molecule has 2 unspecified atom stereocenters. The van der Waals surface area contributed by atoms with Gasteiger partial charge in [-0.15, -0.1) is 0 Å². The number of nitrogens with two attached hydrogens (primary N) is 1. The van der Waals surface area contributed by atoms with E-state index in [0.29, 0.717) is 40.4 Å². The van der Waals surface area contributed by atoms with Crippen LogP contribution < -0.4 is 5.73 Å². The Bertz CT molecular complexity index is 817.